The number of rotatable bonds is 4. The summed E-state index contributed by atoms with van der Waals surface area (Å²) in [6.07, 6.45) is 0.996. The molecule has 3 aromatic carbocycles. The first-order chi connectivity index (χ1) is 14.0. The molecule has 0 aliphatic rings. The molecule has 3 N–H and O–H groups in total. The summed E-state index contributed by atoms with van der Waals surface area (Å²) in [5.74, 6) is 0. The number of aromatic nitrogens is 1. The number of hydrogen-bond donors (Lipinski definition) is 3. The molecule has 0 aliphatic heterocycles. The number of urea groups is 1. The molecule has 4 rings (SSSR count). The van der Waals surface area contributed by atoms with Crippen LogP contribution in [0.5, 0.6) is 0 Å². The van der Waals surface area contributed by atoms with Gasteiger partial charge in [0.25, 0.3) is 0 Å². The van der Waals surface area contributed by atoms with Crippen molar-refractivity contribution >= 4 is 28.3 Å². The van der Waals surface area contributed by atoms with Gasteiger partial charge in [-0.2, -0.15) is 0 Å². The molecule has 4 heteroatoms. The van der Waals surface area contributed by atoms with E-state index in [0.717, 1.165) is 45.5 Å². The van der Waals surface area contributed by atoms with E-state index in [9.17, 15) is 4.79 Å². The molecule has 0 radical (unpaired) electrons. The van der Waals surface area contributed by atoms with E-state index in [1.54, 1.807) is 0 Å². The predicted molar refractivity (Wildman–Crippen MR) is 122 cm³/mol. The Bertz CT molecular complexity index is 1170. The molecule has 0 bridgehead atoms. The van der Waals surface area contributed by atoms with E-state index in [1.165, 1.54) is 11.1 Å². The minimum absolute atomic E-state index is 0.256. The number of carbonyl (C=O) groups excluding carboxylic acids is 1. The molecule has 29 heavy (non-hydrogen) atoms. The summed E-state index contributed by atoms with van der Waals surface area (Å²) in [5, 5.41) is 7.03. The van der Waals surface area contributed by atoms with Crippen LogP contribution in [0.15, 0.2) is 66.7 Å². The molecule has 1 aromatic heterocycles. The average molecular weight is 383 g/mol. The van der Waals surface area contributed by atoms with Crippen LogP contribution in [-0.4, -0.2) is 11.0 Å². The number of fused-ring (bicyclic) bond motifs is 1. The second kappa shape index (κ2) is 7.84. The number of hydrogen-bond acceptors (Lipinski definition) is 1. The monoisotopic (exact) mass is 383 g/mol. The average Bonchev–Trinajstić information content (AvgIpc) is 3.08. The van der Waals surface area contributed by atoms with Crippen molar-refractivity contribution in [3.05, 3.63) is 83.4 Å². The molecular weight excluding hydrogens is 358 g/mol. The number of anilines is 2. The molecule has 0 fully saturated rings. The maximum Gasteiger partial charge on any atom is 0.323 e. The predicted octanol–water partition coefficient (Wildman–Crippen LogP) is 6.66. The zero-order valence-electron chi connectivity index (χ0n) is 17.0. The van der Waals surface area contributed by atoms with Crippen LogP contribution in [-0.2, 0) is 6.42 Å². The Kier molecular flexibility index (Phi) is 5.09. The van der Waals surface area contributed by atoms with Crippen LogP contribution in [0.1, 0.15) is 23.6 Å². The molecule has 0 saturated heterocycles. The van der Waals surface area contributed by atoms with Gasteiger partial charge in [-0.3, -0.25) is 0 Å². The Morgan fingerprint density at radius 3 is 2.41 bits per heavy atom. The van der Waals surface area contributed by atoms with Crippen molar-refractivity contribution in [3.8, 4) is 11.3 Å². The van der Waals surface area contributed by atoms with Crippen molar-refractivity contribution in [1.29, 1.82) is 0 Å². The Labute approximate surface area is 171 Å². The molecule has 0 unspecified atom stereocenters. The minimum atomic E-state index is -0.256. The summed E-state index contributed by atoms with van der Waals surface area (Å²) >= 11 is 0. The van der Waals surface area contributed by atoms with Crippen molar-refractivity contribution in [3.63, 3.8) is 0 Å². The van der Waals surface area contributed by atoms with Crippen molar-refractivity contribution in [2.45, 2.75) is 27.2 Å². The number of benzene rings is 3. The van der Waals surface area contributed by atoms with Gasteiger partial charge in [0.1, 0.15) is 0 Å². The fourth-order valence-corrected chi connectivity index (χ4v) is 3.62. The lowest BCUT2D eigenvalue weighted by Crippen LogP contribution is -2.20. The van der Waals surface area contributed by atoms with Crippen molar-refractivity contribution in [2.24, 2.45) is 0 Å². The summed E-state index contributed by atoms with van der Waals surface area (Å²) in [6, 6.07) is 22.2. The first-order valence-electron chi connectivity index (χ1n) is 9.90. The van der Waals surface area contributed by atoms with Gasteiger partial charge in [0.15, 0.2) is 0 Å². The number of para-hydroxylation sites is 1. The molecule has 0 spiro atoms. The third-order valence-electron chi connectivity index (χ3n) is 5.23. The van der Waals surface area contributed by atoms with Crippen LogP contribution in [0.3, 0.4) is 0 Å². The van der Waals surface area contributed by atoms with Gasteiger partial charge >= 0.3 is 6.03 Å². The van der Waals surface area contributed by atoms with E-state index in [4.69, 9.17) is 0 Å². The largest absolute Gasteiger partial charge is 0.353 e. The quantitative estimate of drug-likeness (QED) is 0.363. The van der Waals surface area contributed by atoms with Crippen molar-refractivity contribution < 1.29 is 4.79 Å². The Morgan fingerprint density at radius 2 is 1.69 bits per heavy atom. The standard InChI is InChI=1S/C25H25N3O/c1-4-18-10-12-19(13-11-18)23-24(20-7-5-6-8-22(20)26-23)28-25(29)27-21-14-9-16(2)15-17(21)3/h5-15,26H,4H2,1-3H3,(H2,27,28,29). The first kappa shape index (κ1) is 18.8. The van der Waals surface area contributed by atoms with Crippen molar-refractivity contribution in [2.75, 3.05) is 10.6 Å². The normalized spacial score (nSPS) is 10.9. The maximum atomic E-state index is 12.8. The molecule has 0 saturated carbocycles. The van der Waals surface area contributed by atoms with Gasteiger partial charge in [-0.1, -0.05) is 67.1 Å². The van der Waals surface area contributed by atoms with E-state index in [2.05, 4.69) is 52.9 Å². The van der Waals surface area contributed by atoms with Crippen LogP contribution in [0.4, 0.5) is 16.2 Å². The van der Waals surface area contributed by atoms with E-state index in [1.807, 2.05) is 50.2 Å². The summed E-state index contributed by atoms with van der Waals surface area (Å²) < 4.78 is 0. The zero-order valence-corrected chi connectivity index (χ0v) is 17.0. The third-order valence-corrected chi connectivity index (χ3v) is 5.23. The molecule has 1 heterocycles. The molecule has 2 amide bonds. The van der Waals surface area contributed by atoms with Gasteiger partial charge in [-0.15, -0.1) is 0 Å². The smallest absolute Gasteiger partial charge is 0.323 e. The number of aryl methyl sites for hydroxylation is 3. The lowest BCUT2D eigenvalue weighted by atomic mass is 10.1. The van der Waals surface area contributed by atoms with E-state index in [0.29, 0.717) is 0 Å². The van der Waals surface area contributed by atoms with E-state index < -0.39 is 0 Å². The van der Waals surface area contributed by atoms with Crippen LogP contribution in [0.25, 0.3) is 22.2 Å². The van der Waals surface area contributed by atoms with E-state index in [-0.39, 0.29) is 6.03 Å². The van der Waals surface area contributed by atoms with E-state index >= 15 is 0 Å². The molecule has 0 atom stereocenters. The summed E-state index contributed by atoms with van der Waals surface area (Å²) in [5.41, 5.74) is 8.02. The lowest BCUT2D eigenvalue weighted by molar-refractivity contribution is 0.262. The van der Waals surface area contributed by atoms with Gasteiger partial charge < -0.3 is 15.6 Å². The highest BCUT2D eigenvalue weighted by atomic mass is 16.2. The summed E-state index contributed by atoms with van der Waals surface area (Å²) in [7, 11) is 0. The highest BCUT2D eigenvalue weighted by molar-refractivity contribution is 6.10. The highest BCUT2D eigenvalue weighted by Gasteiger charge is 2.16. The van der Waals surface area contributed by atoms with Crippen LogP contribution < -0.4 is 10.6 Å². The van der Waals surface area contributed by atoms with Gasteiger partial charge in [0.05, 0.1) is 11.4 Å². The van der Waals surface area contributed by atoms with Crippen LogP contribution >= 0.6 is 0 Å². The van der Waals surface area contributed by atoms with Crippen molar-refractivity contribution in [1.82, 2.24) is 4.98 Å². The van der Waals surface area contributed by atoms with Crippen LogP contribution in [0, 0.1) is 13.8 Å². The summed E-state index contributed by atoms with van der Waals surface area (Å²) in [6.45, 7) is 6.18. The highest BCUT2D eigenvalue weighted by Crippen LogP contribution is 2.35. The Morgan fingerprint density at radius 1 is 0.931 bits per heavy atom. The maximum absolute atomic E-state index is 12.8. The zero-order chi connectivity index (χ0) is 20.4. The molecule has 0 aliphatic carbocycles. The summed E-state index contributed by atoms with van der Waals surface area (Å²) in [4.78, 5) is 16.3. The number of aromatic amines is 1. The van der Waals surface area contributed by atoms with Crippen LogP contribution in [0.2, 0.25) is 0 Å². The fourth-order valence-electron chi connectivity index (χ4n) is 3.62. The van der Waals surface area contributed by atoms with Gasteiger partial charge in [-0.05, 0) is 43.5 Å². The molecule has 4 nitrogen and oxygen atoms in total. The lowest BCUT2D eigenvalue weighted by Gasteiger charge is -2.12. The fraction of sp³-hybridized carbons (Fsp3) is 0.160. The van der Waals surface area contributed by atoms with Gasteiger partial charge in [0, 0.05) is 22.2 Å². The minimum Gasteiger partial charge on any atom is -0.353 e. The Hall–Kier alpha value is -3.53. The number of carbonyl (C=O) groups is 1. The number of nitrogens with one attached hydrogen (secondary N) is 3. The Balaban J connectivity index is 1.69. The van der Waals surface area contributed by atoms with Gasteiger partial charge in [-0.25, -0.2) is 4.79 Å². The second-order valence-corrected chi connectivity index (χ2v) is 7.37. The second-order valence-electron chi connectivity index (χ2n) is 7.37. The molecular formula is C25H25N3O. The topological polar surface area (TPSA) is 56.9 Å². The van der Waals surface area contributed by atoms with Gasteiger partial charge in [0.2, 0.25) is 0 Å². The number of H-pyrrole nitrogens is 1. The number of amides is 2. The first-order valence-corrected chi connectivity index (χ1v) is 9.90. The third kappa shape index (κ3) is 3.87. The molecule has 146 valence electrons. The SMILES string of the molecule is CCc1ccc(-c2[nH]c3ccccc3c2NC(=O)Nc2ccc(C)cc2C)cc1. The molecule has 4 aromatic rings.